The SMILES string of the molecule is Cc1ccccc1-c1ccccc1OCCCCl. The minimum atomic E-state index is 0.631. The highest BCUT2D eigenvalue weighted by Crippen LogP contribution is 2.31. The van der Waals surface area contributed by atoms with Gasteiger partial charge < -0.3 is 4.74 Å². The molecule has 0 amide bonds. The van der Waals surface area contributed by atoms with E-state index >= 15 is 0 Å². The first kappa shape index (κ1) is 13.0. The van der Waals surface area contributed by atoms with Crippen LogP contribution in [0.15, 0.2) is 48.5 Å². The molecule has 94 valence electrons. The van der Waals surface area contributed by atoms with Crippen LogP contribution in [-0.2, 0) is 0 Å². The summed E-state index contributed by atoms with van der Waals surface area (Å²) in [6, 6.07) is 16.5. The summed E-state index contributed by atoms with van der Waals surface area (Å²) in [6.07, 6.45) is 0.865. The molecule has 2 aromatic carbocycles. The van der Waals surface area contributed by atoms with Gasteiger partial charge in [-0.15, -0.1) is 11.6 Å². The predicted octanol–water partition coefficient (Wildman–Crippen LogP) is 4.67. The van der Waals surface area contributed by atoms with Gasteiger partial charge >= 0.3 is 0 Å². The monoisotopic (exact) mass is 260 g/mol. The second-order valence-electron chi connectivity index (χ2n) is 4.20. The van der Waals surface area contributed by atoms with Gasteiger partial charge in [0.1, 0.15) is 5.75 Å². The van der Waals surface area contributed by atoms with E-state index in [4.69, 9.17) is 16.3 Å². The number of benzene rings is 2. The first-order valence-electron chi connectivity index (χ1n) is 6.16. The molecule has 0 atom stereocenters. The minimum Gasteiger partial charge on any atom is -0.493 e. The van der Waals surface area contributed by atoms with Gasteiger partial charge in [-0.05, 0) is 30.5 Å². The summed E-state index contributed by atoms with van der Waals surface area (Å²) in [5.41, 5.74) is 3.62. The molecular formula is C16H17ClO. The summed E-state index contributed by atoms with van der Waals surface area (Å²) >= 11 is 5.67. The van der Waals surface area contributed by atoms with Crippen molar-refractivity contribution >= 4 is 11.6 Å². The first-order chi connectivity index (χ1) is 8.83. The Morgan fingerprint density at radius 3 is 2.33 bits per heavy atom. The summed E-state index contributed by atoms with van der Waals surface area (Å²) in [6.45, 7) is 2.78. The average molecular weight is 261 g/mol. The second-order valence-corrected chi connectivity index (χ2v) is 4.58. The average Bonchev–Trinajstić information content (AvgIpc) is 2.40. The highest BCUT2D eigenvalue weighted by molar-refractivity contribution is 6.17. The number of hydrogen-bond acceptors (Lipinski definition) is 1. The lowest BCUT2D eigenvalue weighted by Crippen LogP contribution is -1.99. The van der Waals surface area contributed by atoms with Gasteiger partial charge in [-0.25, -0.2) is 0 Å². The van der Waals surface area contributed by atoms with E-state index in [0.29, 0.717) is 12.5 Å². The number of aryl methyl sites for hydroxylation is 1. The lowest BCUT2D eigenvalue weighted by molar-refractivity contribution is 0.319. The van der Waals surface area contributed by atoms with Crippen LogP contribution in [0.25, 0.3) is 11.1 Å². The zero-order chi connectivity index (χ0) is 12.8. The molecule has 0 aliphatic rings. The predicted molar refractivity (Wildman–Crippen MR) is 77.4 cm³/mol. The van der Waals surface area contributed by atoms with E-state index in [1.54, 1.807) is 0 Å². The third-order valence-corrected chi connectivity index (χ3v) is 3.13. The van der Waals surface area contributed by atoms with Crippen molar-refractivity contribution in [3.8, 4) is 16.9 Å². The van der Waals surface area contributed by atoms with Crippen LogP contribution >= 0.6 is 11.6 Å². The highest BCUT2D eigenvalue weighted by atomic mass is 35.5. The molecule has 0 heterocycles. The van der Waals surface area contributed by atoms with Crippen molar-refractivity contribution in [2.75, 3.05) is 12.5 Å². The lowest BCUT2D eigenvalue weighted by atomic mass is 10.00. The van der Waals surface area contributed by atoms with E-state index < -0.39 is 0 Å². The third kappa shape index (κ3) is 3.05. The fraction of sp³-hybridized carbons (Fsp3) is 0.250. The van der Waals surface area contributed by atoms with E-state index in [1.165, 1.54) is 11.1 Å². The van der Waals surface area contributed by atoms with Crippen molar-refractivity contribution in [1.29, 1.82) is 0 Å². The molecule has 0 saturated carbocycles. The van der Waals surface area contributed by atoms with Gasteiger partial charge in [0, 0.05) is 11.4 Å². The topological polar surface area (TPSA) is 9.23 Å². The molecule has 0 aliphatic heterocycles. The maximum Gasteiger partial charge on any atom is 0.127 e. The van der Waals surface area contributed by atoms with Gasteiger partial charge in [0.2, 0.25) is 0 Å². The lowest BCUT2D eigenvalue weighted by Gasteiger charge is -2.12. The molecule has 0 aliphatic carbocycles. The molecule has 0 radical (unpaired) electrons. The number of alkyl halides is 1. The zero-order valence-corrected chi connectivity index (χ0v) is 11.3. The summed E-state index contributed by atoms with van der Waals surface area (Å²) < 4.78 is 5.80. The van der Waals surface area contributed by atoms with Gasteiger partial charge in [-0.2, -0.15) is 0 Å². The Kier molecular flexibility index (Phi) is 4.66. The third-order valence-electron chi connectivity index (χ3n) is 2.86. The molecule has 0 N–H and O–H groups in total. The molecular weight excluding hydrogens is 244 g/mol. The number of ether oxygens (including phenoxy) is 1. The summed E-state index contributed by atoms with van der Waals surface area (Å²) in [5, 5.41) is 0. The highest BCUT2D eigenvalue weighted by Gasteiger charge is 2.07. The summed E-state index contributed by atoms with van der Waals surface area (Å²) in [7, 11) is 0. The molecule has 0 saturated heterocycles. The molecule has 0 fully saturated rings. The van der Waals surface area contributed by atoms with Crippen molar-refractivity contribution in [2.24, 2.45) is 0 Å². The molecule has 2 heteroatoms. The van der Waals surface area contributed by atoms with Gasteiger partial charge in [-0.3, -0.25) is 0 Å². The number of hydrogen-bond donors (Lipinski definition) is 0. The second kappa shape index (κ2) is 6.46. The van der Waals surface area contributed by atoms with E-state index in [-0.39, 0.29) is 0 Å². The van der Waals surface area contributed by atoms with E-state index in [0.717, 1.165) is 17.7 Å². The van der Waals surface area contributed by atoms with Crippen LogP contribution in [0.1, 0.15) is 12.0 Å². The quantitative estimate of drug-likeness (QED) is 0.561. The Hall–Kier alpha value is -1.47. The number of rotatable bonds is 5. The normalized spacial score (nSPS) is 10.3. The van der Waals surface area contributed by atoms with E-state index in [1.807, 2.05) is 18.2 Å². The first-order valence-corrected chi connectivity index (χ1v) is 6.70. The minimum absolute atomic E-state index is 0.631. The molecule has 2 rings (SSSR count). The Balaban J connectivity index is 2.30. The summed E-state index contributed by atoms with van der Waals surface area (Å²) in [4.78, 5) is 0. The Labute approximate surface area is 113 Å². The van der Waals surface area contributed by atoms with E-state index in [9.17, 15) is 0 Å². The maximum atomic E-state index is 5.80. The van der Waals surface area contributed by atoms with Crippen LogP contribution in [0.3, 0.4) is 0 Å². The summed E-state index contributed by atoms with van der Waals surface area (Å²) in [5.74, 6) is 1.56. The Morgan fingerprint density at radius 1 is 0.944 bits per heavy atom. The van der Waals surface area contributed by atoms with Gasteiger partial charge in [-0.1, -0.05) is 42.5 Å². The van der Waals surface area contributed by atoms with Gasteiger partial charge in [0.15, 0.2) is 0 Å². The molecule has 1 nitrogen and oxygen atoms in total. The standard InChI is InChI=1S/C16H17ClO/c1-13-7-2-3-8-14(13)15-9-4-5-10-16(15)18-12-6-11-17/h2-5,7-10H,6,11-12H2,1H3. The van der Waals surface area contributed by atoms with Crippen molar-refractivity contribution < 1.29 is 4.74 Å². The van der Waals surface area contributed by atoms with Crippen LogP contribution in [0.4, 0.5) is 0 Å². The Bertz CT molecular complexity index is 508. The molecule has 0 aromatic heterocycles. The molecule has 0 unspecified atom stereocenters. The van der Waals surface area contributed by atoms with Crippen LogP contribution in [0.2, 0.25) is 0 Å². The molecule has 0 spiro atoms. The van der Waals surface area contributed by atoms with Crippen LogP contribution in [0, 0.1) is 6.92 Å². The van der Waals surface area contributed by atoms with Gasteiger partial charge in [0.05, 0.1) is 6.61 Å². The van der Waals surface area contributed by atoms with Crippen LogP contribution < -0.4 is 4.74 Å². The van der Waals surface area contributed by atoms with E-state index in [2.05, 4.69) is 37.3 Å². The van der Waals surface area contributed by atoms with Crippen molar-refractivity contribution in [3.63, 3.8) is 0 Å². The largest absolute Gasteiger partial charge is 0.493 e. The van der Waals surface area contributed by atoms with Crippen molar-refractivity contribution in [2.45, 2.75) is 13.3 Å². The Morgan fingerprint density at radius 2 is 1.61 bits per heavy atom. The number of halogens is 1. The maximum absolute atomic E-state index is 5.80. The van der Waals surface area contributed by atoms with Crippen molar-refractivity contribution in [3.05, 3.63) is 54.1 Å². The fourth-order valence-electron chi connectivity index (χ4n) is 1.93. The van der Waals surface area contributed by atoms with Crippen molar-refractivity contribution in [1.82, 2.24) is 0 Å². The van der Waals surface area contributed by atoms with Crippen LogP contribution in [0.5, 0.6) is 5.75 Å². The fourth-order valence-corrected chi connectivity index (χ4v) is 2.04. The molecule has 18 heavy (non-hydrogen) atoms. The van der Waals surface area contributed by atoms with Gasteiger partial charge in [0.25, 0.3) is 0 Å². The van der Waals surface area contributed by atoms with Crippen LogP contribution in [-0.4, -0.2) is 12.5 Å². The zero-order valence-electron chi connectivity index (χ0n) is 10.5. The molecule has 0 bridgehead atoms. The smallest absolute Gasteiger partial charge is 0.127 e. The number of para-hydroxylation sites is 1. The molecule has 2 aromatic rings.